The molecule has 0 atom stereocenters. The summed E-state index contributed by atoms with van der Waals surface area (Å²) in [6, 6.07) is 10.1. The van der Waals surface area contributed by atoms with Gasteiger partial charge in [0.15, 0.2) is 0 Å². The van der Waals surface area contributed by atoms with Crippen LogP contribution in [0.1, 0.15) is 5.56 Å². The second-order valence-corrected chi connectivity index (χ2v) is 7.28. The molecule has 0 amide bonds. The van der Waals surface area contributed by atoms with E-state index >= 15 is 0 Å². The highest BCUT2D eigenvalue weighted by Crippen LogP contribution is 2.29. The Kier molecular flexibility index (Phi) is 5.26. The zero-order valence-electron chi connectivity index (χ0n) is 12.8. The minimum absolute atomic E-state index is 0.00477. The maximum absolute atomic E-state index is 13.0. The molecular formula is C16H15ClN2O4S. The molecule has 0 heterocycles. The normalized spacial score (nSPS) is 11.1. The van der Waals surface area contributed by atoms with Crippen molar-refractivity contribution in [3.63, 3.8) is 0 Å². The van der Waals surface area contributed by atoms with Gasteiger partial charge in [-0.25, -0.2) is 8.42 Å². The predicted molar refractivity (Wildman–Crippen MR) is 94.0 cm³/mol. The number of hydrogen-bond acceptors (Lipinski definition) is 4. The highest BCUT2D eigenvalue weighted by molar-refractivity contribution is 7.92. The van der Waals surface area contributed by atoms with E-state index in [4.69, 9.17) is 11.6 Å². The van der Waals surface area contributed by atoms with Crippen LogP contribution in [0.4, 0.5) is 11.4 Å². The van der Waals surface area contributed by atoms with Crippen molar-refractivity contribution in [2.45, 2.75) is 11.8 Å². The van der Waals surface area contributed by atoms with E-state index in [2.05, 4.69) is 6.58 Å². The maximum Gasteiger partial charge on any atom is 0.270 e. The molecule has 2 aromatic carbocycles. The summed E-state index contributed by atoms with van der Waals surface area (Å²) in [5.41, 5.74) is 0.480. The van der Waals surface area contributed by atoms with Crippen molar-refractivity contribution in [3.8, 4) is 0 Å². The van der Waals surface area contributed by atoms with Crippen LogP contribution in [0.15, 0.2) is 60.0 Å². The van der Waals surface area contributed by atoms with Crippen LogP contribution in [0.5, 0.6) is 0 Å². The number of nitro benzene ring substituents is 1. The molecule has 0 aromatic heterocycles. The monoisotopic (exact) mass is 366 g/mol. The number of non-ortho nitro benzene ring substituents is 1. The summed E-state index contributed by atoms with van der Waals surface area (Å²) in [6.07, 6.45) is 1.44. The molecule has 24 heavy (non-hydrogen) atoms. The second-order valence-electron chi connectivity index (χ2n) is 5.01. The van der Waals surface area contributed by atoms with Crippen LogP contribution >= 0.6 is 11.6 Å². The van der Waals surface area contributed by atoms with Gasteiger partial charge in [0.2, 0.25) is 0 Å². The number of halogens is 1. The predicted octanol–water partition coefficient (Wildman–Crippen LogP) is 3.94. The molecule has 0 unspecified atom stereocenters. The maximum atomic E-state index is 13.0. The Hall–Kier alpha value is -2.38. The van der Waals surface area contributed by atoms with Gasteiger partial charge in [-0.15, -0.1) is 6.58 Å². The third kappa shape index (κ3) is 3.58. The van der Waals surface area contributed by atoms with Crippen LogP contribution in [-0.4, -0.2) is 19.9 Å². The molecule has 0 aliphatic carbocycles. The van der Waals surface area contributed by atoms with Gasteiger partial charge < -0.3 is 0 Å². The lowest BCUT2D eigenvalue weighted by molar-refractivity contribution is -0.385. The Morgan fingerprint density at radius 2 is 2.00 bits per heavy atom. The van der Waals surface area contributed by atoms with Gasteiger partial charge >= 0.3 is 0 Å². The zero-order valence-corrected chi connectivity index (χ0v) is 14.4. The average Bonchev–Trinajstić information content (AvgIpc) is 2.52. The van der Waals surface area contributed by atoms with E-state index in [1.807, 2.05) is 0 Å². The fourth-order valence-corrected chi connectivity index (χ4v) is 4.05. The first-order valence-corrected chi connectivity index (χ1v) is 8.73. The van der Waals surface area contributed by atoms with E-state index < -0.39 is 14.9 Å². The van der Waals surface area contributed by atoms with Crippen LogP contribution in [0, 0.1) is 17.0 Å². The van der Waals surface area contributed by atoms with E-state index in [0.29, 0.717) is 16.3 Å². The number of benzene rings is 2. The molecule has 0 saturated heterocycles. The topological polar surface area (TPSA) is 80.5 Å². The highest BCUT2D eigenvalue weighted by Gasteiger charge is 2.27. The van der Waals surface area contributed by atoms with Crippen molar-refractivity contribution in [2.24, 2.45) is 0 Å². The van der Waals surface area contributed by atoms with Gasteiger partial charge in [-0.2, -0.15) is 0 Å². The quantitative estimate of drug-likeness (QED) is 0.440. The van der Waals surface area contributed by atoms with Gasteiger partial charge in [0, 0.05) is 17.2 Å². The minimum Gasteiger partial charge on any atom is -0.262 e. The molecule has 0 aliphatic heterocycles. The number of anilines is 1. The summed E-state index contributed by atoms with van der Waals surface area (Å²) in [4.78, 5) is 10.2. The fourth-order valence-electron chi connectivity index (χ4n) is 2.19. The third-order valence-electron chi connectivity index (χ3n) is 3.34. The van der Waals surface area contributed by atoms with Crippen LogP contribution in [0.25, 0.3) is 0 Å². The number of hydrogen-bond donors (Lipinski definition) is 0. The first-order chi connectivity index (χ1) is 11.3. The van der Waals surface area contributed by atoms with Gasteiger partial charge in [-0.3, -0.25) is 14.4 Å². The van der Waals surface area contributed by atoms with E-state index in [0.717, 1.165) is 10.4 Å². The molecule has 0 aliphatic rings. The lowest BCUT2D eigenvalue weighted by Crippen LogP contribution is -2.31. The van der Waals surface area contributed by atoms with Crippen molar-refractivity contribution in [1.82, 2.24) is 0 Å². The summed E-state index contributed by atoms with van der Waals surface area (Å²) < 4.78 is 27.2. The molecule has 0 saturated carbocycles. The lowest BCUT2D eigenvalue weighted by Gasteiger charge is -2.24. The molecule has 0 radical (unpaired) electrons. The van der Waals surface area contributed by atoms with E-state index in [9.17, 15) is 18.5 Å². The highest BCUT2D eigenvalue weighted by atomic mass is 35.5. The van der Waals surface area contributed by atoms with Crippen molar-refractivity contribution in [3.05, 3.63) is 75.8 Å². The van der Waals surface area contributed by atoms with Crippen LogP contribution in [-0.2, 0) is 10.0 Å². The standard InChI is InChI=1S/C16H15ClN2O4S/c1-3-9-18(14-6-4-5-13(17)10-14)24(22,23)16-11-15(19(20)21)8-7-12(16)2/h3-8,10-11H,1,9H2,2H3. The first kappa shape index (κ1) is 18.0. The average molecular weight is 367 g/mol. The molecular weight excluding hydrogens is 352 g/mol. The van der Waals surface area contributed by atoms with Gasteiger partial charge in [0.1, 0.15) is 0 Å². The minimum atomic E-state index is -4.02. The number of sulfonamides is 1. The van der Waals surface area contributed by atoms with Crippen LogP contribution in [0.3, 0.4) is 0 Å². The Morgan fingerprint density at radius 3 is 2.58 bits per heavy atom. The summed E-state index contributed by atoms with van der Waals surface area (Å²) >= 11 is 5.95. The molecule has 126 valence electrons. The summed E-state index contributed by atoms with van der Waals surface area (Å²) in [5, 5.41) is 11.3. The molecule has 6 nitrogen and oxygen atoms in total. The molecule has 0 bridgehead atoms. The third-order valence-corrected chi connectivity index (χ3v) is 5.51. The van der Waals surface area contributed by atoms with Crippen molar-refractivity contribution in [2.75, 3.05) is 10.8 Å². The Bertz CT molecular complexity index is 897. The number of aryl methyl sites for hydroxylation is 1. The number of nitrogens with zero attached hydrogens (tertiary/aromatic N) is 2. The molecule has 2 rings (SSSR count). The summed E-state index contributed by atoms with van der Waals surface area (Å²) in [6.45, 7) is 5.17. The summed E-state index contributed by atoms with van der Waals surface area (Å²) in [7, 11) is -4.02. The number of nitro groups is 1. The Morgan fingerprint density at radius 1 is 1.29 bits per heavy atom. The van der Waals surface area contributed by atoms with E-state index in [-0.39, 0.29) is 17.1 Å². The molecule has 8 heteroatoms. The van der Waals surface area contributed by atoms with Gasteiger partial charge in [-0.1, -0.05) is 29.8 Å². The van der Waals surface area contributed by atoms with Gasteiger partial charge in [-0.05, 0) is 30.7 Å². The van der Waals surface area contributed by atoms with Crippen LogP contribution in [0.2, 0.25) is 5.02 Å². The zero-order chi connectivity index (χ0) is 17.9. The van der Waals surface area contributed by atoms with Crippen LogP contribution < -0.4 is 4.31 Å². The van der Waals surface area contributed by atoms with Gasteiger partial charge in [0.25, 0.3) is 15.7 Å². The van der Waals surface area contributed by atoms with Gasteiger partial charge in [0.05, 0.1) is 22.1 Å². The molecule has 0 fully saturated rings. The lowest BCUT2D eigenvalue weighted by atomic mass is 10.2. The van der Waals surface area contributed by atoms with E-state index in [1.165, 1.54) is 24.3 Å². The fraction of sp³-hybridized carbons (Fsp3) is 0.125. The second kappa shape index (κ2) is 7.02. The van der Waals surface area contributed by atoms with E-state index in [1.54, 1.807) is 25.1 Å². The van der Waals surface area contributed by atoms with Crippen molar-refractivity contribution < 1.29 is 13.3 Å². The largest absolute Gasteiger partial charge is 0.270 e. The smallest absolute Gasteiger partial charge is 0.262 e. The SMILES string of the molecule is C=CCN(c1cccc(Cl)c1)S(=O)(=O)c1cc([N+](=O)[O-])ccc1C. The number of rotatable bonds is 6. The molecule has 2 aromatic rings. The summed E-state index contributed by atoms with van der Waals surface area (Å²) in [5.74, 6) is 0. The van der Waals surface area contributed by atoms with Crippen molar-refractivity contribution in [1.29, 1.82) is 0 Å². The molecule has 0 spiro atoms. The first-order valence-electron chi connectivity index (χ1n) is 6.91. The Labute approximate surface area is 145 Å². The molecule has 0 N–H and O–H groups in total. The Balaban J connectivity index is 2.63. The van der Waals surface area contributed by atoms with Crippen molar-refractivity contribution >= 4 is 33.0 Å².